The van der Waals surface area contributed by atoms with E-state index in [1.54, 1.807) is 32.8 Å². The summed E-state index contributed by atoms with van der Waals surface area (Å²) in [6, 6.07) is 0. The van der Waals surface area contributed by atoms with Crippen LogP contribution in [0.3, 0.4) is 0 Å². The molecule has 0 amide bonds. The van der Waals surface area contributed by atoms with Gasteiger partial charge in [-0.15, -0.1) is 0 Å². The zero-order valence-corrected chi connectivity index (χ0v) is 7.26. The molecule has 0 rings (SSSR count). The van der Waals surface area contributed by atoms with E-state index < -0.39 is 11.5 Å². The van der Waals surface area contributed by atoms with Gasteiger partial charge in [-0.25, -0.2) is 0 Å². The van der Waals surface area contributed by atoms with E-state index in [2.05, 4.69) is 0 Å². The number of hydrogen-bond donors (Lipinski definition) is 1. The maximum Gasteiger partial charge on any atom is 0.0612 e. The van der Waals surface area contributed by atoms with Crippen LogP contribution < -0.4 is 11.3 Å². The second kappa shape index (κ2) is 3.53. The van der Waals surface area contributed by atoms with Gasteiger partial charge in [-0.1, -0.05) is 0 Å². The fourth-order valence-electron chi connectivity index (χ4n) is 0.183. The second-order valence-electron chi connectivity index (χ2n) is 2.74. The third-order valence-corrected chi connectivity index (χ3v) is 1.62. The normalized spacial score (nSPS) is 10.9. The van der Waals surface area contributed by atoms with E-state index in [1.165, 1.54) is 0 Å². The molecule has 0 saturated heterocycles. The molecule has 0 atom stereocenters. The van der Waals surface area contributed by atoms with Gasteiger partial charge in [0.15, 0.2) is 0 Å². The number of nitrogens with zero attached hydrogens (tertiary/aromatic N) is 1. The third-order valence-electron chi connectivity index (χ3n) is 1.62. The Morgan fingerprint density at radius 3 is 1.70 bits per heavy atom. The van der Waals surface area contributed by atoms with Gasteiger partial charge in [0.25, 0.3) is 0 Å². The summed E-state index contributed by atoms with van der Waals surface area (Å²) in [5.74, 6) is -1.05. The highest BCUT2D eigenvalue weighted by molar-refractivity contribution is 5.75. The highest BCUT2D eigenvalue weighted by Gasteiger charge is 2.20. The highest BCUT2D eigenvalue weighted by atomic mass is 16.4. The van der Waals surface area contributed by atoms with E-state index >= 15 is 0 Å². The minimum atomic E-state index is -1.05. The Labute approximate surface area is 61.4 Å². The zero-order valence-electron chi connectivity index (χ0n) is 7.26. The minimum Gasteiger partial charge on any atom is -0.548 e. The number of quaternary nitrogens is 1. The number of carbonyl (C=O) groups excluding carboxylic acids is 1. The van der Waals surface area contributed by atoms with Crippen LogP contribution in [0.4, 0.5) is 0 Å². The lowest BCUT2D eigenvalue weighted by atomic mass is 10.1. The molecule has 4 N–H and O–H groups in total. The molecule has 0 aliphatic carbocycles. The maximum absolute atomic E-state index is 10.3. The lowest BCUT2D eigenvalue weighted by Gasteiger charge is -2.33. The van der Waals surface area contributed by atoms with E-state index in [-0.39, 0.29) is 6.15 Å². The molecule has 10 heavy (non-hydrogen) atoms. The Hall–Kier alpha value is -0.610. The van der Waals surface area contributed by atoms with Crippen LogP contribution in [0.15, 0.2) is 0 Å². The fraction of sp³-hybridized carbons (Fsp3) is 0.833. The minimum absolute atomic E-state index is 0. The van der Waals surface area contributed by atoms with Crippen LogP contribution in [0, 0.1) is 0 Å². The number of hydrogen-bond acceptors (Lipinski definition) is 3. The number of aliphatic carboxylic acids is 1. The van der Waals surface area contributed by atoms with Crippen molar-refractivity contribution in [1.82, 2.24) is 11.1 Å². The van der Waals surface area contributed by atoms with Crippen LogP contribution in [0.1, 0.15) is 13.8 Å². The summed E-state index contributed by atoms with van der Waals surface area (Å²) in [4.78, 5) is 11.9. The summed E-state index contributed by atoms with van der Waals surface area (Å²) in [6.45, 7) is 3.20. The fourth-order valence-corrected chi connectivity index (χ4v) is 0.183. The van der Waals surface area contributed by atoms with Crippen molar-refractivity contribution in [2.24, 2.45) is 0 Å². The van der Waals surface area contributed by atoms with Crippen molar-refractivity contribution < 1.29 is 9.90 Å². The number of rotatable bonds is 2. The Balaban J connectivity index is 0. The van der Waals surface area contributed by atoms with Crippen molar-refractivity contribution in [3.05, 3.63) is 0 Å². The molecule has 0 radical (unpaired) electrons. The first-order chi connectivity index (χ1) is 3.89. The number of carboxylic acids is 1. The molecular weight excluding hydrogens is 132 g/mol. The van der Waals surface area contributed by atoms with Crippen molar-refractivity contribution in [3.8, 4) is 0 Å². The third kappa shape index (κ3) is 2.33. The lowest BCUT2D eigenvalue weighted by molar-refractivity contribution is -0.316. The molecule has 62 valence electrons. The topological polar surface area (TPSA) is 79.9 Å². The molecule has 0 heterocycles. The molecule has 0 unspecified atom stereocenters. The standard InChI is InChI=1S/C6H13NO2.H3N/c1-6(2,5(8)9)7(3)4;/h1-4H3,(H,8,9);1H3. The first kappa shape index (κ1) is 12.1. The summed E-state index contributed by atoms with van der Waals surface area (Å²) >= 11 is 0. The zero-order chi connectivity index (χ0) is 7.65. The SMILES string of the molecule is CN(C)C(C)(C)C(=O)[O-].[NH4+]. The van der Waals surface area contributed by atoms with Gasteiger partial charge in [0.2, 0.25) is 0 Å². The summed E-state index contributed by atoms with van der Waals surface area (Å²) in [5, 5.41) is 10.3. The summed E-state index contributed by atoms with van der Waals surface area (Å²) in [6.07, 6.45) is 0. The largest absolute Gasteiger partial charge is 0.548 e. The molecule has 0 aromatic heterocycles. The molecule has 0 aliphatic rings. The average molecular weight is 148 g/mol. The smallest absolute Gasteiger partial charge is 0.0612 e. The molecule has 0 bridgehead atoms. The average Bonchev–Trinajstić information content (AvgIpc) is 1.65. The lowest BCUT2D eigenvalue weighted by Crippen LogP contribution is -2.53. The highest BCUT2D eigenvalue weighted by Crippen LogP contribution is 2.06. The van der Waals surface area contributed by atoms with Crippen molar-refractivity contribution >= 4 is 5.97 Å². The molecule has 0 aliphatic heterocycles. The second-order valence-corrected chi connectivity index (χ2v) is 2.74. The van der Waals surface area contributed by atoms with Gasteiger partial charge >= 0.3 is 0 Å². The molecule has 4 heteroatoms. The first-order valence-corrected chi connectivity index (χ1v) is 2.78. The van der Waals surface area contributed by atoms with Crippen molar-refractivity contribution in [2.75, 3.05) is 14.1 Å². The van der Waals surface area contributed by atoms with E-state index in [4.69, 9.17) is 0 Å². The van der Waals surface area contributed by atoms with Gasteiger partial charge in [0.1, 0.15) is 0 Å². The van der Waals surface area contributed by atoms with Gasteiger partial charge < -0.3 is 16.1 Å². The predicted molar refractivity (Wildman–Crippen MR) is 38.8 cm³/mol. The van der Waals surface area contributed by atoms with Gasteiger partial charge in [0.05, 0.1) is 11.5 Å². The number of carboxylic acid groups (broad SMARTS) is 1. The van der Waals surface area contributed by atoms with Crippen LogP contribution >= 0.6 is 0 Å². The van der Waals surface area contributed by atoms with Gasteiger partial charge in [-0.2, -0.15) is 0 Å². The van der Waals surface area contributed by atoms with E-state index in [1.807, 2.05) is 0 Å². The number of carbonyl (C=O) groups is 1. The van der Waals surface area contributed by atoms with Crippen LogP contribution in [0.2, 0.25) is 0 Å². The van der Waals surface area contributed by atoms with Crippen LogP contribution in [-0.4, -0.2) is 30.5 Å². The molecule has 0 aromatic rings. The van der Waals surface area contributed by atoms with Crippen molar-refractivity contribution in [2.45, 2.75) is 19.4 Å². The van der Waals surface area contributed by atoms with E-state index in [0.717, 1.165) is 0 Å². The molecule has 0 spiro atoms. The molecule has 0 saturated carbocycles. The Morgan fingerprint density at radius 1 is 1.40 bits per heavy atom. The van der Waals surface area contributed by atoms with Crippen LogP contribution in [-0.2, 0) is 4.79 Å². The maximum atomic E-state index is 10.3. The van der Waals surface area contributed by atoms with E-state index in [0.29, 0.717) is 0 Å². The van der Waals surface area contributed by atoms with Gasteiger partial charge in [0, 0.05) is 0 Å². The molecule has 4 nitrogen and oxygen atoms in total. The van der Waals surface area contributed by atoms with Crippen LogP contribution in [0.25, 0.3) is 0 Å². The monoisotopic (exact) mass is 148 g/mol. The first-order valence-electron chi connectivity index (χ1n) is 2.78. The van der Waals surface area contributed by atoms with Crippen molar-refractivity contribution in [1.29, 1.82) is 0 Å². The van der Waals surface area contributed by atoms with E-state index in [9.17, 15) is 9.90 Å². The molecular formula is C6H16N2O2. The predicted octanol–water partition coefficient (Wildman–Crippen LogP) is -0.547. The van der Waals surface area contributed by atoms with Gasteiger partial charge in [-0.05, 0) is 27.9 Å². The Bertz CT molecular complexity index is 121. The van der Waals surface area contributed by atoms with Crippen LogP contribution in [0.5, 0.6) is 0 Å². The summed E-state index contributed by atoms with van der Waals surface area (Å²) in [5.41, 5.74) is -0.861. The van der Waals surface area contributed by atoms with Gasteiger partial charge in [-0.3, -0.25) is 4.90 Å². The Kier molecular flexibility index (Phi) is 4.27. The van der Waals surface area contributed by atoms with Crippen molar-refractivity contribution in [3.63, 3.8) is 0 Å². The summed E-state index contributed by atoms with van der Waals surface area (Å²) in [7, 11) is 3.41. The quantitative estimate of drug-likeness (QED) is 0.570. The summed E-state index contributed by atoms with van der Waals surface area (Å²) < 4.78 is 0. The molecule has 0 aromatic carbocycles. The molecule has 0 fully saturated rings. The Morgan fingerprint density at radius 2 is 1.70 bits per heavy atom. The number of likely N-dealkylation sites (N-methyl/N-ethyl adjacent to an activating group) is 1.